The van der Waals surface area contributed by atoms with Gasteiger partial charge in [-0.25, -0.2) is 0 Å². The van der Waals surface area contributed by atoms with Crippen LogP contribution in [0.2, 0.25) is 0 Å². The number of allylic oxidation sites excluding steroid dienone is 2. The Morgan fingerprint density at radius 3 is 1.31 bits per heavy atom. The lowest BCUT2D eigenvalue weighted by Gasteiger charge is -2.24. The van der Waals surface area contributed by atoms with E-state index >= 15 is 0 Å². The maximum atomic E-state index is 13.1. The van der Waals surface area contributed by atoms with Crippen molar-refractivity contribution in [1.82, 2.24) is 5.32 Å². The van der Waals surface area contributed by atoms with E-state index in [2.05, 4.69) is 38.2 Å². The van der Waals surface area contributed by atoms with E-state index in [-0.39, 0.29) is 24.9 Å². The Morgan fingerprint density at radius 1 is 0.519 bits per heavy atom. The molecule has 3 unspecified atom stereocenters. The topological polar surface area (TPSA) is 95.9 Å². The SMILES string of the molecule is CCCCCCCCC/C=C\CCCCCC(=O)OC(CCCCCCCCCC)CC(=O)NC(CO)C(O)CCCCCCCCCCCCCCC. The van der Waals surface area contributed by atoms with E-state index < -0.39 is 18.2 Å². The fraction of sp³-hybridized carbons (Fsp3) is 0.917. The number of esters is 1. The second-order valence-corrected chi connectivity index (χ2v) is 16.5. The lowest BCUT2D eigenvalue weighted by molar-refractivity contribution is -0.151. The largest absolute Gasteiger partial charge is 0.462 e. The highest BCUT2D eigenvalue weighted by Crippen LogP contribution is 2.18. The zero-order valence-electron chi connectivity index (χ0n) is 36.4. The van der Waals surface area contributed by atoms with E-state index in [1.807, 2.05) is 0 Å². The van der Waals surface area contributed by atoms with Crippen molar-refractivity contribution in [2.45, 2.75) is 277 Å². The van der Waals surface area contributed by atoms with Gasteiger partial charge in [0.15, 0.2) is 0 Å². The van der Waals surface area contributed by atoms with Crippen molar-refractivity contribution in [3.8, 4) is 0 Å². The van der Waals surface area contributed by atoms with Gasteiger partial charge in [0.25, 0.3) is 0 Å². The summed E-state index contributed by atoms with van der Waals surface area (Å²) in [5.74, 6) is -0.484. The number of unbranched alkanes of at least 4 members (excludes halogenated alkanes) is 29. The van der Waals surface area contributed by atoms with E-state index in [0.29, 0.717) is 19.3 Å². The smallest absolute Gasteiger partial charge is 0.306 e. The van der Waals surface area contributed by atoms with Crippen LogP contribution in [0, 0.1) is 0 Å². The van der Waals surface area contributed by atoms with Crippen LogP contribution in [0.1, 0.15) is 258 Å². The Kier molecular flexibility index (Phi) is 41.6. The Hall–Kier alpha value is -1.40. The highest BCUT2D eigenvalue weighted by molar-refractivity contribution is 5.77. The molecule has 0 spiro atoms. The van der Waals surface area contributed by atoms with Crippen LogP contribution in [0.4, 0.5) is 0 Å². The molecule has 6 nitrogen and oxygen atoms in total. The first-order chi connectivity index (χ1) is 26.5. The summed E-state index contributed by atoms with van der Waals surface area (Å²) < 4.78 is 5.88. The first kappa shape index (κ1) is 52.6. The van der Waals surface area contributed by atoms with Crippen LogP contribution >= 0.6 is 0 Å². The molecular formula is C48H93NO5. The molecule has 0 rings (SSSR count). The molecule has 6 heteroatoms. The van der Waals surface area contributed by atoms with Gasteiger partial charge in [-0.2, -0.15) is 0 Å². The minimum atomic E-state index is -0.782. The molecule has 0 heterocycles. The Labute approximate surface area is 336 Å². The van der Waals surface area contributed by atoms with E-state index in [4.69, 9.17) is 4.74 Å². The molecule has 0 saturated carbocycles. The molecule has 0 aliphatic heterocycles. The zero-order chi connectivity index (χ0) is 39.6. The van der Waals surface area contributed by atoms with Gasteiger partial charge in [0, 0.05) is 6.42 Å². The van der Waals surface area contributed by atoms with Gasteiger partial charge in [-0.05, 0) is 51.4 Å². The molecule has 0 aromatic heterocycles. The predicted molar refractivity (Wildman–Crippen MR) is 232 cm³/mol. The molecule has 3 atom stereocenters. The molecule has 320 valence electrons. The van der Waals surface area contributed by atoms with Gasteiger partial charge in [0.2, 0.25) is 5.91 Å². The highest BCUT2D eigenvalue weighted by atomic mass is 16.5. The maximum Gasteiger partial charge on any atom is 0.306 e. The number of nitrogens with one attached hydrogen (secondary N) is 1. The quantitative estimate of drug-likeness (QED) is 0.0326. The standard InChI is InChI=1S/C48H93NO5/c1-4-7-10-13-16-19-21-23-25-27-29-32-35-38-41-48(53)54-44(39-36-33-30-18-15-12-9-6-3)42-47(52)49-45(43-50)46(51)40-37-34-31-28-26-24-22-20-17-14-11-8-5-2/h25,27,44-46,50-51H,4-24,26,28-43H2,1-3H3,(H,49,52)/b27-25-. The fourth-order valence-electron chi connectivity index (χ4n) is 7.43. The molecule has 1 amide bonds. The number of ether oxygens (including phenoxy) is 1. The summed E-state index contributed by atoms with van der Waals surface area (Å²) in [5, 5.41) is 23.6. The molecule has 0 aromatic carbocycles. The van der Waals surface area contributed by atoms with Crippen molar-refractivity contribution >= 4 is 11.9 Å². The second kappa shape index (κ2) is 42.7. The third-order valence-corrected chi connectivity index (χ3v) is 11.1. The molecule has 0 bridgehead atoms. The van der Waals surface area contributed by atoms with E-state index in [9.17, 15) is 19.8 Å². The van der Waals surface area contributed by atoms with E-state index in [1.54, 1.807) is 0 Å². The minimum absolute atomic E-state index is 0.0771. The van der Waals surface area contributed by atoms with Gasteiger partial charge in [0.05, 0.1) is 25.2 Å². The van der Waals surface area contributed by atoms with Crippen molar-refractivity contribution in [2.24, 2.45) is 0 Å². The number of carbonyl (C=O) groups excluding carboxylic acids is 2. The molecule has 0 fully saturated rings. The molecule has 0 radical (unpaired) electrons. The van der Waals surface area contributed by atoms with Crippen LogP contribution in [0.3, 0.4) is 0 Å². The number of aliphatic hydroxyl groups excluding tert-OH is 2. The van der Waals surface area contributed by atoms with Crippen LogP contribution in [0.15, 0.2) is 12.2 Å². The van der Waals surface area contributed by atoms with E-state index in [1.165, 1.54) is 161 Å². The Morgan fingerprint density at radius 2 is 0.889 bits per heavy atom. The van der Waals surface area contributed by atoms with E-state index in [0.717, 1.165) is 51.4 Å². The predicted octanol–water partition coefficient (Wildman–Crippen LogP) is 13.8. The third-order valence-electron chi connectivity index (χ3n) is 11.1. The molecule has 0 saturated heterocycles. The molecule has 0 aromatic rings. The lowest BCUT2D eigenvalue weighted by Crippen LogP contribution is -2.46. The van der Waals surface area contributed by atoms with Gasteiger partial charge in [0.1, 0.15) is 6.10 Å². The Balaban J connectivity index is 4.46. The van der Waals surface area contributed by atoms with Crippen molar-refractivity contribution in [3.63, 3.8) is 0 Å². The first-order valence-electron chi connectivity index (χ1n) is 23.9. The van der Waals surface area contributed by atoms with Gasteiger partial charge in [-0.1, -0.05) is 206 Å². The molecular weight excluding hydrogens is 671 g/mol. The number of rotatable bonds is 43. The van der Waals surface area contributed by atoms with Gasteiger partial charge in [-0.3, -0.25) is 9.59 Å². The number of carbonyl (C=O) groups is 2. The van der Waals surface area contributed by atoms with Crippen molar-refractivity contribution in [1.29, 1.82) is 0 Å². The van der Waals surface area contributed by atoms with Crippen molar-refractivity contribution in [3.05, 3.63) is 12.2 Å². The minimum Gasteiger partial charge on any atom is -0.462 e. The summed E-state index contributed by atoms with van der Waals surface area (Å²) >= 11 is 0. The number of hydrogen-bond acceptors (Lipinski definition) is 5. The molecule has 54 heavy (non-hydrogen) atoms. The zero-order valence-corrected chi connectivity index (χ0v) is 36.4. The average molecular weight is 764 g/mol. The number of hydrogen-bond donors (Lipinski definition) is 3. The van der Waals surface area contributed by atoms with Gasteiger partial charge >= 0.3 is 5.97 Å². The summed E-state index contributed by atoms with van der Waals surface area (Å²) in [7, 11) is 0. The second-order valence-electron chi connectivity index (χ2n) is 16.5. The summed E-state index contributed by atoms with van der Waals surface area (Å²) in [6, 6.07) is -0.695. The van der Waals surface area contributed by atoms with Crippen molar-refractivity contribution < 1.29 is 24.5 Å². The Bertz CT molecular complexity index is 817. The summed E-state index contributed by atoms with van der Waals surface area (Å²) in [6.45, 7) is 6.46. The normalized spacial score (nSPS) is 13.4. The maximum absolute atomic E-state index is 13.1. The monoisotopic (exact) mass is 764 g/mol. The van der Waals surface area contributed by atoms with Crippen LogP contribution in [-0.4, -0.2) is 46.9 Å². The number of aliphatic hydroxyl groups is 2. The molecule has 0 aliphatic carbocycles. The molecule has 3 N–H and O–H groups in total. The van der Waals surface area contributed by atoms with Gasteiger partial charge < -0.3 is 20.3 Å². The van der Waals surface area contributed by atoms with Crippen LogP contribution in [0.5, 0.6) is 0 Å². The van der Waals surface area contributed by atoms with Crippen LogP contribution < -0.4 is 5.32 Å². The lowest BCUT2D eigenvalue weighted by atomic mass is 10.0. The fourth-order valence-corrected chi connectivity index (χ4v) is 7.43. The number of amides is 1. The summed E-state index contributed by atoms with van der Waals surface area (Å²) in [5.41, 5.74) is 0. The summed E-state index contributed by atoms with van der Waals surface area (Å²) in [6.07, 6.45) is 45.6. The average Bonchev–Trinajstić information content (AvgIpc) is 3.16. The third kappa shape index (κ3) is 37.5. The van der Waals surface area contributed by atoms with Crippen molar-refractivity contribution in [2.75, 3.05) is 6.61 Å². The van der Waals surface area contributed by atoms with Crippen LogP contribution in [0.25, 0.3) is 0 Å². The highest BCUT2D eigenvalue weighted by Gasteiger charge is 2.24. The van der Waals surface area contributed by atoms with Crippen LogP contribution in [-0.2, 0) is 14.3 Å². The van der Waals surface area contributed by atoms with Gasteiger partial charge in [-0.15, -0.1) is 0 Å². The first-order valence-corrected chi connectivity index (χ1v) is 23.9. The molecule has 0 aliphatic rings. The summed E-state index contributed by atoms with van der Waals surface area (Å²) in [4.78, 5) is 25.9.